The standard InChI is InChI=1S/C23H22N6O/c1-14-23(27-28-26-14)17-6-7-24-20(8-17)21-11-29(13-25-21)10-18-12-30-22-9-16(15-2-3-15)4-5-19(18)22/h4-9,11,13,15,18H,2-3,10,12H2,1H3,(H,26,27,28)/t18-/m1/s1. The zero-order valence-electron chi connectivity index (χ0n) is 16.7. The number of fused-ring (bicyclic) bond motifs is 1. The van der Waals surface area contributed by atoms with Crippen molar-refractivity contribution < 1.29 is 4.74 Å². The van der Waals surface area contributed by atoms with Gasteiger partial charge in [-0.2, -0.15) is 0 Å². The van der Waals surface area contributed by atoms with Gasteiger partial charge in [-0.15, -0.1) is 5.10 Å². The zero-order chi connectivity index (χ0) is 20.1. The molecule has 7 heteroatoms. The number of rotatable bonds is 5. The van der Waals surface area contributed by atoms with Crippen LogP contribution in [0.2, 0.25) is 0 Å². The first-order valence-electron chi connectivity index (χ1n) is 10.4. The van der Waals surface area contributed by atoms with E-state index in [0.717, 1.165) is 53.2 Å². The molecule has 1 N–H and O–H groups in total. The van der Waals surface area contributed by atoms with Crippen molar-refractivity contribution in [3.63, 3.8) is 0 Å². The molecule has 1 aliphatic heterocycles. The van der Waals surface area contributed by atoms with Crippen LogP contribution in [0.5, 0.6) is 5.75 Å². The minimum absolute atomic E-state index is 0.340. The SMILES string of the molecule is Cc1[nH]nnc1-c1ccnc(-c2cn(C[C@@H]3COc4cc(C5CC5)ccc43)cn2)c1. The van der Waals surface area contributed by atoms with Crippen LogP contribution in [0.3, 0.4) is 0 Å². The number of nitrogens with one attached hydrogen (secondary N) is 1. The van der Waals surface area contributed by atoms with Gasteiger partial charge in [0.1, 0.15) is 17.1 Å². The Labute approximate surface area is 174 Å². The number of ether oxygens (including phenoxy) is 1. The molecule has 150 valence electrons. The van der Waals surface area contributed by atoms with Gasteiger partial charge in [0.05, 0.1) is 24.3 Å². The molecule has 1 aromatic carbocycles. The highest BCUT2D eigenvalue weighted by atomic mass is 16.5. The minimum Gasteiger partial charge on any atom is -0.493 e. The second kappa shape index (κ2) is 6.79. The Kier molecular flexibility index (Phi) is 3.94. The molecule has 0 bridgehead atoms. The molecule has 30 heavy (non-hydrogen) atoms. The van der Waals surface area contributed by atoms with Crippen molar-refractivity contribution in [2.24, 2.45) is 0 Å². The third-order valence-corrected chi connectivity index (χ3v) is 6.05. The molecule has 4 aromatic rings. The lowest BCUT2D eigenvalue weighted by Gasteiger charge is -2.10. The van der Waals surface area contributed by atoms with Crippen LogP contribution in [0.25, 0.3) is 22.6 Å². The Morgan fingerprint density at radius 1 is 1.13 bits per heavy atom. The summed E-state index contributed by atoms with van der Waals surface area (Å²) in [6.07, 6.45) is 8.34. The summed E-state index contributed by atoms with van der Waals surface area (Å²) in [7, 11) is 0. The summed E-state index contributed by atoms with van der Waals surface area (Å²) in [6.45, 7) is 3.51. The highest BCUT2D eigenvalue weighted by molar-refractivity contribution is 5.67. The summed E-state index contributed by atoms with van der Waals surface area (Å²) in [6, 6.07) is 10.7. The maximum atomic E-state index is 6.00. The van der Waals surface area contributed by atoms with Crippen LogP contribution in [-0.2, 0) is 6.54 Å². The average Bonchev–Trinajstić information content (AvgIpc) is 3.16. The van der Waals surface area contributed by atoms with E-state index < -0.39 is 0 Å². The number of aryl methyl sites for hydroxylation is 1. The lowest BCUT2D eigenvalue weighted by atomic mass is 9.98. The summed E-state index contributed by atoms with van der Waals surface area (Å²) in [5.41, 5.74) is 7.15. The third-order valence-electron chi connectivity index (χ3n) is 6.05. The maximum absolute atomic E-state index is 6.00. The highest BCUT2D eigenvalue weighted by Gasteiger charge is 2.29. The Hall–Kier alpha value is -3.48. The summed E-state index contributed by atoms with van der Waals surface area (Å²) >= 11 is 0. The number of hydrogen-bond donors (Lipinski definition) is 1. The van der Waals surface area contributed by atoms with Gasteiger partial charge in [0.15, 0.2) is 0 Å². The van der Waals surface area contributed by atoms with E-state index in [-0.39, 0.29) is 0 Å². The van der Waals surface area contributed by atoms with Gasteiger partial charge >= 0.3 is 0 Å². The number of imidazole rings is 1. The van der Waals surface area contributed by atoms with E-state index in [4.69, 9.17) is 4.74 Å². The van der Waals surface area contributed by atoms with Crippen LogP contribution >= 0.6 is 0 Å². The van der Waals surface area contributed by atoms with Crippen molar-refractivity contribution in [1.29, 1.82) is 0 Å². The smallest absolute Gasteiger partial charge is 0.123 e. The average molecular weight is 398 g/mol. The molecule has 1 saturated carbocycles. The van der Waals surface area contributed by atoms with Gasteiger partial charge in [-0.1, -0.05) is 17.3 Å². The Morgan fingerprint density at radius 2 is 2.07 bits per heavy atom. The molecule has 0 unspecified atom stereocenters. The van der Waals surface area contributed by atoms with E-state index in [1.807, 2.05) is 25.4 Å². The first-order valence-corrected chi connectivity index (χ1v) is 10.4. The summed E-state index contributed by atoms with van der Waals surface area (Å²) in [4.78, 5) is 9.09. The number of benzene rings is 1. The van der Waals surface area contributed by atoms with Crippen molar-refractivity contribution >= 4 is 0 Å². The third kappa shape index (κ3) is 3.07. The fourth-order valence-corrected chi connectivity index (χ4v) is 4.23. The molecule has 1 fully saturated rings. The number of pyridine rings is 1. The summed E-state index contributed by atoms with van der Waals surface area (Å²) < 4.78 is 8.13. The van der Waals surface area contributed by atoms with E-state index >= 15 is 0 Å². The van der Waals surface area contributed by atoms with E-state index in [1.54, 1.807) is 6.20 Å². The predicted molar refractivity (Wildman–Crippen MR) is 112 cm³/mol. The van der Waals surface area contributed by atoms with E-state index in [2.05, 4.69) is 54.3 Å². The second-order valence-electron chi connectivity index (χ2n) is 8.25. The number of hydrogen-bond acceptors (Lipinski definition) is 5. The maximum Gasteiger partial charge on any atom is 0.123 e. The van der Waals surface area contributed by atoms with Gasteiger partial charge in [0.25, 0.3) is 0 Å². The minimum atomic E-state index is 0.340. The lowest BCUT2D eigenvalue weighted by molar-refractivity contribution is 0.319. The van der Waals surface area contributed by atoms with Crippen LogP contribution in [0, 0.1) is 6.92 Å². The predicted octanol–water partition coefficient (Wildman–Crippen LogP) is 4.09. The van der Waals surface area contributed by atoms with Crippen LogP contribution < -0.4 is 4.74 Å². The first kappa shape index (κ1) is 17.4. The second-order valence-corrected chi connectivity index (χ2v) is 8.25. The molecular formula is C23H22N6O. The molecule has 0 saturated heterocycles. The van der Waals surface area contributed by atoms with Crippen LogP contribution in [0.1, 0.15) is 41.5 Å². The molecule has 2 aliphatic rings. The molecule has 6 rings (SSSR count). The molecule has 1 atom stereocenters. The van der Waals surface area contributed by atoms with Gasteiger partial charge in [0.2, 0.25) is 0 Å². The van der Waals surface area contributed by atoms with Crippen molar-refractivity contribution in [2.45, 2.75) is 38.1 Å². The van der Waals surface area contributed by atoms with E-state index in [1.165, 1.54) is 24.0 Å². The van der Waals surface area contributed by atoms with Gasteiger partial charge < -0.3 is 9.30 Å². The fraction of sp³-hybridized carbons (Fsp3) is 0.304. The number of aromatic amines is 1. The van der Waals surface area contributed by atoms with Crippen molar-refractivity contribution in [1.82, 2.24) is 29.9 Å². The normalized spacial score (nSPS) is 17.7. The lowest BCUT2D eigenvalue weighted by Crippen LogP contribution is -2.09. The molecule has 3 aromatic heterocycles. The zero-order valence-corrected chi connectivity index (χ0v) is 16.7. The largest absolute Gasteiger partial charge is 0.493 e. The van der Waals surface area contributed by atoms with Crippen LogP contribution in [0.15, 0.2) is 49.1 Å². The Balaban J connectivity index is 1.22. The molecule has 4 heterocycles. The topological polar surface area (TPSA) is 81.5 Å². The van der Waals surface area contributed by atoms with Gasteiger partial charge in [-0.3, -0.25) is 10.1 Å². The molecule has 7 nitrogen and oxygen atoms in total. The monoisotopic (exact) mass is 398 g/mol. The first-order chi connectivity index (χ1) is 14.7. The van der Waals surface area contributed by atoms with Gasteiger partial charge in [0, 0.05) is 36.0 Å². The van der Waals surface area contributed by atoms with E-state index in [9.17, 15) is 0 Å². The van der Waals surface area contributed by atoms with Gasteiger partial charge in [-0.05, 0) is 49.4 Å². The molecule has 0 spiro atoms. The summed E-state index contributed by atoms with van der Waals surface area (Å²) in [5.74, 6) is 2.15. The van der Waals surface area contributed by atoms with Crippen molar-refractivity contribution in [3.8, 4) is 28.4 Å². The Morgan fingerprint density at radius 3 is 2.90 bits per heavy atom. The fourth-order valence-electron chi connectivity index (χ4n) is 4.23. The van der Waals surface area contributed by atoms with Gasteiger partial charge in [-0.25, -0.2) is 4.98 Å². The quantitative estimate of drug-likeness (QED) is 0.548. The molecular weight excluding hydrogens is 376 g/mol. The van der Waals surface area contributed by atoms with Crippen molar-refractivity contribution in [2.75, 3.05) is 6.61 Å². The summed E-state index contributed by atoms with van der Waals surface area (Å²) in [5, 5.41) is 10.9. The number of aromatic nitrogens is 6. The van der Waals surface area contributed by atoms with Crippen LogP contribution in [0.4, 0.5) is 0 Å². The molecule has 1 aliphatic carbocycles. The molecule has 0 amide bonds. The molecule has 0 radical (unpaired) electrons. The highest BCUT2D eigenvalue weighted by Crippen LogP contribution is 2.44. The number of H-pyrrole nitrogens is 1. The van der Waals surface area contributed by atoms with Crippen LogP contribution in [-0.4, -0.2) is 36.6 Å². The van der Waals surface area contributed by atoms with Crippen molar-refractivity contribution in [3.05, 3.63) is 65.9 Å². The Bertz CT molecular complexity index is 1220. The van der Waals surface area contributed by atoms with E-state index in [0.29, 0.717) is 5.92 Å². The number of nitrogens with zero attached hydrogens (tertiary/aromatic N) is 5.